The summed E-state index contributed by atoms with van der Waals surface area (Å²) < 4.78 is 18.9. The Morgan fingerprint density at radius 1 is 1.05 bits per heavy atom. The van der Waals surface area contributed by atoms with Gasteiger partial charge in [-0.3, -0.25) is 9.36 Å². The molecule has 0 amide bonds. The standard InChI is InChI=1S/C34H36N2O5S/c1-6-17-40-28-16-15-24-9-7-8-10-26(24)27(28)20-29-32(37)36-31(25-13-11-23(12-14-25)21(2)3)30(22(4)35-34(36)42-29)33(38)41-19-18-39-5/h7-16,20-21,31H,6,17-19H2,1-5H3. The van der Waals surface area contributed by atoms with Gasteiger partial charge in [0.1, 0.15) is 12.4 Å². The summed E-state index contributed by atoms with van der Waals surface area (Å²) in [4.78, 5) is 32.9. The molecule has 0 saturated heterocycles. The molecular weight excluding hydrogens is 548 g/mol. The summed E-state index contributed by atoms with van der Waals surface area (Å²) in [6.07, 6.45) is 2.76. The van der Waals surface area contributed by atoms with E-state index in [4.69, 9.17) is 19.2 Å². The Bertz CT molecular complexity index is 1820. The number of hydrogen-bond acceptors (Lipinski definition) is 7. The van der Waals surface area contributed by atoms with Crippen molar-refractivity contribution in [3.8, 4) is 5.75 Å². The normalized spacial score (nSPS) is 15.2. The minimum Gasteiger partial charge on any atom is -0.493 e. The second-order valence-corrected chi connectivity index (χ2v) is 11.6. The second-order valence-electron chi connectivity index (χ2n) is 10.6. The molecule has 7 nitrogen and oxygen atoms in total. The van der Waals surface area contributed by atoms with E-state index < -0.39 is 12.0 Å². The second kappa shape index (κ2) is 12.9. The molecule has 3 aromatic carbocycles. The first-order chi connectivity index (χ1) is 20.3. The predicted molar refractivity (Wildman–Crippen MR) is 167 cm³/mol. The van der Waals surface area contributed by atoms with Gasteiger partial charge in [-0.05, 0) is 53.3 Å². The molecule has 0 saturated carbocycles. The van der Waals surface area contributed by atoms with Crippen molar-refractivity contribution in [2.45, 2.75) is 46.1 Å². The van der Waals surface area contributed by atoms with Gasteiger partial charge in [0.05, 0.1) is 35.1 Å². The fraction of sp³-hybridized carbons (Fsp3) is 0.324. The van der Waals surface area contributed by atoms with E-state index in [9.17, 15) is 9.59 Å². The van der Waals surface area contributed by atoms with Crippen LogP contribution in [0.1, 0.15) is 62.8 Å². The van der Waals surface area contributed by atoms with Crippen molar-refractivity contribution in [3.05, 3.63) is 108 Å². The van der Waals surface area contributed by atoms with Crippen LogP contribution in [-0.2, 0) is 14.3 Å². The number of fused-ring (bicyclic) bond motifs is 2. The van der Waals surface area contributed by atoms with Gasteiger partial charge in [-0.25, -0.2) is 9.79 Å². The predicted octanol–water partition coefficient (Wildman–Crippen LogP) is 5.49. The quantitative estimate of drug-likeness (QED) is 0.182. The topological polar surface area (TPSA) is 79.1 Å². The van der Waals surface area contributed by atoms with Crippen LogP contribution >= 0.6 is 11.3 Å². The third kappa shape index (κ3) is 5.82. The molecular formula is C34H36N2O5S. The van der Waals surface area contributed by atoms with Crippen LogP contribution in [0.3, 0.4) is 0 Å². The first-order valence-electron chi connectivity index (χ1n) is 14.3. The van der Waals surface area contributed by atoms with Crippen LogP contribution in [0.2, 0.25) is 0 Å². The van der Waals surface area contributed by atoms with Crippen LogP contribution in [0, 0.1) is 0 Å². The first-order valence-corrected chi connectivity index (χ1v) is 15.1. The maximum absolute atomic E-state index is 14.2. The van der Waals surface area contributed by atoms with E-state index >= 15 is 0 Å². The maximum atomic E-state index is 14.2. The van der Waals surface area contributed by atoms with Crippen LogP contribution in [-0.4, -0.2) is 37.5 Å². The summed E-state index contributed by atoms with van der Waals surface area (Å²) in [5.41, 5.74) is 3.49. The molecule has 0 bridgehead atoms. The van der Waals surface area contributed by atoms with Gasteiger partial charge in [0.25, 0.3) is 5.56 Å². The number of aromatic nitrogens is 1. The van der Waals surface area contributed by atoms with Crippen molar-refractivity contribution >= 4 is 34.2 Å². The minimum atomic E-state index is -0.678. The molecule has 218 valence electrons. The number of esters is 1. The highest BCUT2D eigenvalue weighted by atomic mass is 32.1. The number of methoxy groups -OCH3 is 1. The van der Waals surface area contributed by atoms with Gasteiger partial charge in [-0.15, -0.1) is 0 Å². The molecule has 42 heavy (non-hydrogen) atoms. The molecule has 0 N–H and O–H groups in total. The molecule has 0 aliphatic carbocycles. The van der Waals surface area contributed by atoms with Crippen molar-refractivity contribution in [1.29, 1.82) is 0 Å². The Balaban J connectivity index is 1.71. The fourth-order valence-corrected chi connectivity index (χ4v) is 6.18. The number of thiazole rings is 1. The molecule has 1 aliphatic heterocycles. The van der Waals surface area contributed by atoms with Gasteiger partial charge in [0, 0.05) is 12.7 Å². The van der Waals surface area contributed by atoms with Crippen molar-refractivity contribution in [2.24, 2.45) is 4.99 Å². The monoisotopic (exact) mass is 584 g/mol. The van der Waals surface area contributed by atoms with E-state index in [1.807, 2.05) is 66.7 Å². The van der Waals surface area contributed by atoms with Crippen LogP contribution in [0.4, 0.5) is 0 Å². The summed E-state index contributed by atoms with van der Waals surface area (Å²) in [5, 5.41) is 2.05. The van der Waals surface area contributed by atoms with E-state index in [2.05, 4.69) is 20.8 Å². The van der Waals surface area contributed by atoms with Gasteiger partial charge >= 0.3 is 5.97 Å². The molecule has 8 heteroatoms. The van der Waals surface area contributed by atoms with Crippen molar-refractivity contribution < 1.29 is 19.0 Å². The number of hydrogen-bond donors (Lipinski definition) is 0. The molecule has 0 radical (unpaired) electrons. The Hall–Kier alpha value is -4.01. The van der Waals surface area contributed by atoms with Crippen LogP contribution < -0.4 is 19.6 Å². The van der Waals surface area contributed by atoms with Crippen LogP contribution in [0.25, 0.3) is 16.8 Å². The number of benzene rings is 3. The summed E-state index contributed by atoms with van der Waals surface area (Å²) >= 11 is 1.31. The third-order valence-corrected chi connectivity index (χ3v) is 8.33. The maximum Gasteiger partial charge on any atom is 0.338 e. The molecule has 1 aromatic heterocycles. The Morgan fingerprint density at radius 2 is 1.81 bits per heavy atom. The number of ether oxygens (including phenoxy) is 3. The minimum absolute atomic E-state index is 0.108. The highest BCUT2D eigenvalue weighted by molar-refractivity contribution is 7.07. The third-order valence-electron chi connectivity index (χ3n) is 7.35. The van der Waals surface area contributed by atoms with Gasteiger partial charge in [-0.2, -0.15) is 0 Å². The number of carbonyl (C=O) groups is 1. The fourth-order valence-electron chi connectivity index (χ4n) is 5.15. The lowest BCUT2D eigenvalue weighted by molar-refractivity contribution is -0.140. The smallest absolute Gasteiger partial charge is 0.338 e. The zero-order valence-corrected chi connectivity index (χ0v) is 25.5. The molecule has 4 aromatic rings. The number of nitrogens with zero attached hydrogens (tertiary/aromatic N) is 2. The molecule has 2 heterocycles. The number of carbonyl (C=O) groups excluding carboxylic acids is 1. The van der Waals surface area contributed by atoms with E-state index in [1.165, 1.54) is 16.9 Å². The van der Waals surface area contributed by atoms with E-state index in [0.29, 0.717) is 33.1 Å². The van der Waals surface area contributed by atoms with E-state index in [-0.39, 0.29) is 18.8 Å². The van der Waals surface area contributed by atoms with Crippen molar-refractivity contribution in [3.63, 3.8) is 0 Å². The molecule has 1 atom stereocenters. The average Bonchev–Trinajstić information content (AvgIpc) is 3.30. The number of allylic oxidation sites excluding steroid dienone is 1. The Kier molecular flexibility index (Phi) is 9.04. The van der Waals surface area contributed by atoms with Gasteiger partial charge < -0.3 is 14.2 Å². The lowest BCUT2D eigenvalue weighted by atomic mass is 9.93. The van der Waals surface area contributed by atoms with E-state index in [0.717, 1.165) is 34.1 Å². The first kappa shape index (κ1) is 29.5. The summed E-state index contributed by atoms with van der Waals surface area (Å²) in [5.74, 6) is 0.562. The van der Waals surface area contributed by atoms with Crippen LogP contribution in [0.15, 0.2) is 81.7 Å². The average molecular weight is 585 g/mol. The van der Waals surface area contributed by atoms with Gasteiger partial charge in [0.2, 0.25) is 0 Å². The zero-order chi connectivity index (χ0) is 29.8. The SMILES string of the molecule is CCCOc1ccc2ccccc2c1C=c1sc2n(c1=O)C(c1ccc(C(C)C)cc1)C(C(=O)OCCOC)=C(C)N=2. The molecule has 0 spiro atoms. The summed E-state index contributed by atoms with van der Waals surface area (Å²) in [6.45, 7) is 9.07. The Labute approximate surface area is 249 Å². The summed E-state index contributed by atoms with van der Waals surface area (Å²) in [7, 11) is 1.55. The zero-order valence-electron chi connectivity index (χ0n) is 24.7. The van der Waals surface area contributed by atoms with Crippen molar-refractivity contribution in [2.75, 3.05) is 26.9 Å². The molecule has 1 unspecified atom stereocenters. The van der Waals surface area contributed by atoms with Crippen LogP contribution in [0.5, 0.6) is 5.75 Å². The lowest BCUT2D eigenvalue weighted by Crippen LogP contribution is -2.40. The Morgan fingerprint density at radius 3 is 2.52 bits per heavy atom. The number of rotatable bonds is 10. The molecule has 5 rings (SSSR count). The highest BCUT2D eigenvalue weighted by Crippen LogP contribution is 2.32. The largest absolute Gasteiger partial charge is 0.493 e. The van der Waals surface area contributed by atoms with Gasteiger partial charge in [0.15, 0.2) is 4.80 Å². The molecule has 1 aliphatic rings. The lowest BCUT2D eigenvalue weighted by Gasteiger charge is -2.25. The molecule has 0 fully saturated rings. The summed E-state index contributed by atoms with van der Waals surface area (Å²) in [6, 6.07) is 19.4. The van der Waals surface area contributed by atoms with Crippen molar-refractivity contribution in [1.82, 2.24) is 4.57 Å². The van der Waals surface area contributed by atoms with Gasteiger partial charge in [-0.1, -0.05) is 86.7 Å². The highest BCUT2D eigenvalue weighted by Gasteiger charge is 2.33. The van der Waals surface area contributed by atoms with E-state index in [1.54, 1.807) is 18.6 Å².